The Hall–Kier alpha value is -0.830. The Balaban J connectivity index is 0.00000147. The van der Waals surface area contributed by atoms with E-state index in [0.29, 0.717) is 5.41 Å². The van der Waals surface area contributed by atoms with Crippen LogP contribution in [0.3, 0.4) is 0 Å². The molecule has 0 bridgehead atoms. The van der Waals surface area contributed by atoms with Crippen molar-refractivity contribution in [1.29, 1.82) is 0 Å². The number of halogens is 1. The molecule has 3 heteroatoms. The van der Waals surface area contributed by atoms with E-state index in [9.17, 15) is 0 Å². The molecule has 0 radical (unpaired) electrons. The van der Waals surface area contributed by atoms with E-state index in [-0.39, 0.29) is 12.4 Å². The minimum atomic E-state index is 0. The highest BCUT2D eigenvalue weighted by molar-refractivity contribution is 5.85. The van der Waals surface area contributed by atoms with E-state index < -0.39 is 0 Å². The first kappa shape index (κ1) is 15.6. The Bertz CT molecular complexity index is 424. The van der Waals surface area contributed by atoms with Gasteiger partial charge in [0.05, 0.1) is 0 Å². The molecule has 1 aromatic rings. The largest absolute Gasteiger partial charge is 0.317 e. The topological polar surface area (TPSA) is 15.3 Å². The van der Waals surface area contributed by atoms with Gasteiger partial charge < -0.3 is 5.32 Å². The average molecular weight is 293 g/mol. The first-order chi connectivity index (χ1) is 9.36. The lowest BCUT2D eigenvalue weighted by molar-refractivity contribution is 0.202. The predicted octanol–water partition coefficient (Wildman–Crippen LogP) is 3.20. The molecular weight excluding hydrogens is 268 g/mol. The molecule has 0 aromatic heterocycles. The number of rotatable bonds is 3. The molecule has 2 heterocycles. The van der Waals surface area contributed by atoms with Crippen molar-refractivity contribution in [1.82, 2.24) is 10.2 Å². The highest BCUT2D eigenvalue weighted by Crippen LogP contribution is 2.38. The lowest BCUT2D eigenvalue weighted by Gasteiger charge is -2.33. The summed E-state index contributed by atoms with van der Waals surface area (Å²) in [5.74, 6) is 0. The van der Waals surface area contributed by atoms with Crippen molar-refractivity contribution < 1.29 is 0 Å². The van der Waals surface area contributed by atoms with Crippen LogP contribution >= 0.6 is 12.4 Å². The van der Waals surface area contributed by atoms with Gasteiger partial charge in [-0.25, -0.2) is 0 Å². The van der Waals surface area contributed by atoms with E-state index in [1.54, 1.807) is 0 Å². The van der Waals surface area contributed by atoms with E-state index in [4.69, 9.17) is 0 Å². The minimum Gasteiger partial charge on any atom is -0.317 e. The molecular formula is C17H25ClN2. The molecule has 0 unspecified atom stereocenters. The van der Waals surface area contributed by atoms with Crippen molar-refractivity contribution >= 4 is 18.5 Å². The molecule has 2 aliphatic heterocycles. The average Bonchev–Trinajstić information content (AvgIpc) is 2.84. The molecule has 0 atom stereocenters. The molecule has 3 rings (SSSR count). The third-order valence-corrected chi connectivity index (χ3v) is 4.66. The summed E-state index contributed by atoms with van der Waals surface area (Å²) in [7, 11) is 0. The summed E-state index contributed by atoms with van der Waals surface area (Å²) >= 11 is 0. The summed E-state index contributed by atoms with van der Waals surface area (Å²) in [6.07, 6.45) is 8.69. The second-order valence-electron chi connectivity index (χ2n) is 6.05. The van der Waals surface area contributed by atoms with Gasteiger partial charge in [0.2, 0.25) is 0 Å². The first-order valence-corrected chi connectivity index (χ1v) is 7.51. The smallest absolute Gasteiger partial charge is 0.0166 e. The van der Waals surface area contributed by atoms with Crippen LogP contribution in [0.2, 0.25) is 0 Å². The van der Waals surface area contributed by atoms with Gasteiger partial charge >= 0.3 is 0 Å². The van der Waals surface area contributed by atoms with Crippen molar-refractivity contribution in [3.8, 4) is 0 Å². The van der Waals surface area contributed by atoms with Crippen molar-refractivity contribution in [3.63, 3.8) is 0 Å². The van der Waals surface area contributed by atoms with Gasteiger partial charge in [0, 0.05) is 13.1 Å². The number of piperidine rings is 1. The highest BCUT2D eigenvalue weighted by Gasteiger charge is 2.38. The molecule has 1 N–H and O–H groups in total. The maximum absolute atomic E-state index is 3.48. The summed E-state index contributed by atoms with van der Waals surface area (Å²) in [6.45, 7) is 6.11. The molecule has 110 valence electrons. The van der Waals surface area contributed by atoms with Crippen LogP contribution < -0.4 is 5.32 Å². The predicted molar refractivity (Wildman–Crippen MR) is 88.3 cm³/mol. The second kappa shape index (κ2) is 7.26. The zero-order valence-corrected chi connectivity index (χ0v) is 12.9. The van der Waals surface area contributed by atoms with Crippen molar-refractivity contribution in [3.05, 3.63) is 42.0 Å². The standard InChI is InChI=1S/C17H24N2.ClH/c1-2-5-16(6-3-1)7-4-13-19-14-10-17(15-19)8-11-18-12-9-17;/h1-7,18H,8-15H2;1H/b7-4+;. The minimum absolute atomic E-state index is 0. The number of hydrogen-bond acceptors (Lipinski definition) is 2. The molecule has 2 saturated heterocycles. The molecule has 2 fully saturated rings. The van der Waals surface area contributed by atoms with E-state index in [1.165, 1.54) is 51.0 Å². The molecule has 2 aliphatic rings. The van der Waals surface area contributed by atoms with Crippen LogP contribution in [0.1, 0.15) is 24.8 Å². The first-order valence-electron chi connectivity index (χ1n) is 7.51. The molecule has 2 nitrogen and oxygen atoms in total. The third kappa shape index (κ3) is 3.85. The van der Waals surface area contributed by atoms with Crippen LogP contribution in [0, 0.1) is 5.41 Å². The van der Waals surface area contributed by atoms with Gasteiger partial charge in [-0.05, 0) is 49.9 Å². The third-order valence-electron chi connectivity index (χ3n) is 4.66. The van der Waals surface area contributed by atoms with Gasteiger partial charge in [0.15, 0.2) is 0 Å². The van der Waals surface area contributed by atoms with Crippen LogP contribution in [-0.2, 0) is 0 Å². The lowest BCUT2D eigenvalue weighted by atomic mass is 9.78. The Morgan fingerprint density at radius 3 is 2.60 bits per heavy atom. The van der Waals surface area contributed by atoms with Crippen molar-refractivity contribution in [2.45, 2.75) is 19.3 Å². The summed E-state index contributed by atoms with van der Waals surface area (Å²) in [5, 5.41) is 3.48. The fourth-order valence-electron chi connectivity index (χ4n) is 3.45. The van der Waals surface area contributed by atoms with E-state index in [1.807, 2.05) is 0 Å². The van der Waals surface area contributed by atoms with Gasteiger partial charge in [-0.1, -0.05) is 42.5 Å². The van der Waals surface area contributed by atoms with Gasteiger partial charge in [-0.3, -0.25) is 4.90 Å². The summed E-state index contributed by atoms with van der Waals surface area (Å²) in [4.78, 5) is 2.62. The van der Waals surface area contributed by atoms with Gasteiger partial charge in [0.1, 0.15) is 0 Å². The van der Waals surface area contributed by atoms with Crippen LogP contribution in [0.4, 0.5) is 0 Å². The van der Waals surface area contributed by atoms with E-state index in [2.05, 4.69) is 52.7 Å². The zero-order chi connectivity index (χ0) is 13.0. The summed E-state index contributed by atoms with van der Waals surface area (Å²) in [6, 6.07) is 10.6. The molecule has 1 aromatic carbocycles. The van der Waals surface area contributed by atoms with E-state index in [0.717, 1.165) is 6.54 Å². The van der Waals surface area contributed by atoms with Crippen molar-refractivity contribution in [2.75, 3.05) is 32.7 Å². The Morgan fingerprint density at radius 2 is 1.85 bits per heavy atom. The Morgan fingerprint density at radius 1 is 1.10 bits per heavy atom. The van der Waals surface area contributed by atoms with Gasteiger partial charge in [-0.2, -0.15) is 0 Å². The van der Waals surface area contributed by atoms with Crippen LogP contribution in [0.25, 0.3) is 6.08 Å². The Labute approximate surface area is 128 Å². The molecule has 0 aliphatic carbocycles. The summed E-state index contributed by atoms with van der Waals surface area (Å²) < 4.78 is 0. The fraction of sp³-hybridized carbons (Fsp3) is 0.529. The van der Waals surface area contributed by atoms with Crippen LogP contribution in [0.5, 0.6) is 0 Å². The van der Waals surface area contributed by atoms with Gasteiger partial charge in [0.25, 0.3) is 0 Å². The van der Waals surface area contributed by atoms with Gasteiger partial charge in [-0.15, -0.1) is 12.4 Å². The summed E-state index contributed by atoms with van der Waals surface area (Å²) in [5.41, 5.74) is 1.93. The highest BCUT2D eigenvalue weighted by atomic mass is 35.5. The number of benzene rings is 1. The number of likely N-dealkylation sites (tertiary alicyclic amines) is 1. The molecule has 1 spiro atoms. The van der Waals surface area contributed by atoms with Crippen LogP contribution in [0.15, 0.2) is 36.4 Å². The molecule has 20 heavy (non-hydrogen) atoms. The Kier molecular flexibility index (Phi) is 5.64. The number of nitrogens with one attached hydrogen (secondary N) is 1. The van der Waals surface area contributed by atoms with Crippen LogP contribution in [-0.4, -0.2) is 37.6 Å². The second-order valence-corrected chi connectivity index (χ2v) is 6.05. The van der Waals surface area contributed by atoms with Crippen molar-refractivity contribution in [2.24, 2.45) is 5.41 Å². The maximum atomic E-state index is 3.48. The zero-order valence-electron chi connectivity index (χ0n) is 12.1. The quantitative estimate of drug-likeness (QED) is 0.920. The number of nitrogens with zero attached hydrogens (tertiary/aromatic N) is 1. The number of hydrogen-bond donors (Lipinski definition) is 1. The monoisotopic (exact) mass is 292 g/mol. The van der Waals surface area contributed by atoms with E-state index >= 15 is 0 Å². The normalized spacial score (nSPS) is 22.2. The lowest BCUT2D eigenvalue weighted by Crippen LogP contribution is -2.38. The maximum Gasteiger partial charge on any atom is 0.0166 e. The fourth-order valence-corrected chi connectivity index (χ4v) is 3.45. The molecule has 0 amide bonds. The SMILES string of the molecule is C(=C\c1ccccc1)/CN1CCC2(CCNCC2)C1.Cl. The molecule has 0 saturated carbocycles.